The van der Waals surface area contributed by atoms with E-state index in [0.29, 0.717) is 5.56 Å². The Bertz CT molecular complexity index is 774. The summed E-state index contributed by atoms with van der Waals surface area (Å²) in [5.41, 5.74) is 1.84. The van der Waals surface area contributed by atoms with Crippen molar-refractivity contribution in [2.45, 2.75) is 26.8 Å². The molecule has 0 spiro atoms. The summed E-state index contributed by atoms with van der Waals surface area (Å²) in [4.78, 5) is 12.4. The molecule has 0 radical (unpaired) electrons. The van der Waals surface area contributed by atoms with Gasteiger partial charge in [-0.3, -0.25) is 4.79 Å². The molecule has 0 saturated carbocycles. The first-order chi connectivity index (χ1) is 9.95. The zero-order chi connectivity index (χ0) is 15.0. The molecule has 2 nitrogen and oxygen atoms in total. The van der Waals surface area contributed by atoms with Crippen LogP contribution in [0.5, 0.6) is 0 Å². The molecule has 0 amide bonds. The zero-order valence-electron chi connectivity index (χ0n) is 12.1. The van der Waals surface area contributed by atoms with Crippen molar-refractivity contribution >= 4 is 5.78 Å². The predicted octanol–water partition coefficient (Wildman–Crippen LogP) is 3.64. The van der Waals surface area contributed by atoms with Crippen LogP contribution in [0.4, 0.5) is 4.39 Å². The molecular weight excluding hydrogens is 265 g/mol. The number of nitrogens with zero attached hydrogens (tertiary/aromatic N) is 1. The van der Waals surface area contributed by atoms with Crippen LogP contribution in [0.1, 0.15) is 41.9 Å². The number of aromatic nitrogens is 1. The van der Waals surface area contributed by atoms with E-state index in [1.807, 2.05) is 30.7 Å². The van der Waals surface area contributed by atoms with Crippen molar-refractivity contribution in [1.29, 1.82) is 0 Å². The number of halogens is 1. The highest BCUT2D eigenvalue weighted by Crippen LogP contribution is 2.32. The van der Waals surface area contributed by atoms with Crippen LogP contribution in [0.2, 0.25) is 0 Å². The smallest absolute Gasteiger partial charge is 0.184 e. The van der Waals surface area contributed by atoms with E-state index < -0.39 is 0 Å². The average molecular weight is 281 g/mol. The van der Waals surface area contributed by atoms with Gasteiger partial charge in [-0.1, -0.05) is 31.8 Å². The monoisotopic (exact) mass is 281 g/mol. The van der Waals surface area contributed by atoms with E-state index in [0.717, 1.165) is 24.2 Å². The molecule has 0 aliphatic carbocycles. The summed E-state index contributed by atoms with van der Waals surface area (Å²) in [6.07, 6.45) is 2.74. The second-order valence-electron chi connectivity index (χ2n) is 6.03. The van der Waals surface area contributed by atoms with Crippen LogP contribution in [0.25, 0.3) is 0 Å². The van der Waals surface area contributed by atoms with E-state index in [2.05, 4.69) is 11.8 Å². The molecule has 1 aromatic heterocycles. The molecule has 21 heavy (non-hydrogen) atoms. The van der Waals surface area contributed by atoms with E-state index in [-0.39, 0.29) is 17.0 Å². The number of hydrogen-bond acceptors (Lipinski definition) is 1. The first-order valence-electron chi connectivity index (χ1n) is 6.98. The molecular formula is C18H16FNO. The summed E-state index contributed by atoms with van der Waals surface area (Å²) in [6, 6.07) is 8.02. The highest BCUT2D eigenvalue weighted by molar-refractivity contribution is 5.99. The van der Waals surface area contributed by atoms with Gasteiger partial charge >= 0.3 is 0 Å². The second-order valence-corrected chi connectivity index (χ2v) is 6.03. The van der Waals surface area contributed by atoms with E-state index in [9.17, 15) is 9.18 Å². The lowest BCUT2D eigenvalue weighted by molar-refractivity contribution is 0.0779. The zero-order valence-corrected chi connectivity index (χ0v) is 12.1. The Kier molecular flexibility index (Phi) is 3.17. The Morgan fingerprint density at radius 1 is 1.19 bits per heavy atom. The first kappa shape index (κ1) is 13.6. The Hall–Kier alpha value is -2.34. The van der Waals surface area contributed by atoms with Crippen LogP contribution in [-0.4, -0.2) is 10.4 Å². The lowest BCUT2D eigenvalue weighted by Gasteiger charge is -2.29. The maximum Gasteiger partial charge on any atom is 0.184 e. The number of hydrogen-bond donors (Lipinski definition) is 0. The number of benzene rings is 1. The van der Waals surface area contributed by atoms with Crippen LogP contribution in [0.3, 0.4) is 0 Å². The Labute approximate surface area is 123 Å². The number of ketones is 1. The maximum atomic E-state index is 13.1. The van der Waals surface area contributed by atoms with Gasteiger partial charge in [0.25, 0.3) is 0 Å². The second kappa shape index (κ2) is 4.89. The lowest BCUT2D eigenvalue weighted by atomic mass is 9.81. The molecule has 1 aliphatic rings. The third-order valence-corrected chi connectivity index (χ3v) is 3.90. The van der Waals surface area contributed by atoms with Crippen LogP contribution in [0, 0.1) is 23.1 Å². The highest BCUT2D eigenvalue weighted by Gasteiger charge is 2.34. The largest absolute Gasteiger partial charge is 0.344 e. The van der Waals surface area contributed by atoms with Gasteiger partial charge in [-0.2, -0.15) is 0 Å². The fourth-order valence-corrected chi connectivity index (χ4v) is 2.53. The van der Waals surface area contributed by atoms with Gasteiger partial charge in [-0.25, -0.2) is 4.39 Å². The third kappa shape index (κ3) is 2.62. The standard InChI is InChI=1S/C18H16FNO/c1-18(2)8-9-20-12-14(11-16(20)17(18)21)7-6-13-4-3-5-15(19)10-13/h3-5,10-12H,8-9H2,1-2H3. The summed E-state index contributed by atoms with van der Waals surface area (Å²) in [5.74, 6) is 5.80. The van der Waals surface area contributed by atoms with Crippen molar-refractivity contribution < 1.29 is 9.18 Å². The van der Waals surface area contributed by atoms with E-state index in [4.69, 9.17) is 0 Å². The quantitative estimate of drug-likeness (QED) is 0.676. The average Bonchev–Trinajstić information content (AvgIpc) is 2.85. The van der Waals surface area contributed by atoms with E-state index >= 15 is 0 Å². The minimum absolute atomic E-state index is 0.160. The van der Waals surface area contributed by atoms with Crippen LogP contribution < -0.4 is 0 Å². The number of carbonyl (C=O) groups is 1. The number of rotatable bonds is 0. The maximum absolute atomic E-state index is 13.1. The van der Waals surface area contributed by atoms with Gasteiger partial charge in [0.2, 0.25) is 0 Å². The summed E-state index contributed by atoms with van der Waals surface area (Å²) < 4.78 is 15.1. The van der Waals surface area contributed by atoms with Crippen molar-refractivity contribution in [3.63, 3.8) is 0 Å². The topological polar surface area (TPSA) is 22.0 Å². The molecule has 0 fully saturated rings. The summed E-state index contributed by atoms with van der Waals surface area (Å²) in [5, 5.41) is 0. The molecule has 0 saturated heterocycles. The van der Waals surface area contributed by atoms with Crippen molar-refractivity contribution in [2.24, 2.45) is 5.41 Å². The van der Waals surface area contributed by atoms with Crippen LogP contribution in [-0.2, 0) is 6.54 Å². The van der Waals surface area contributed by atoms with Crippen LogP contribution >= 0.6 is 0 Å². The minimum atomic E-state index is -0.304. The van der Waals surface area contributed by atoms with Crippen LogP contribution in [0.15, 0.2) is 36.5 Å². The first-order valence-corrected chi connectivity index (χ1v) is 6.98. The Morgan fingerprint density at radius 2 is 1.95 bits per heavy atom. The number of carbonyl (C=O) groups excluding carboxylic acids is 1. The fourth-order valence-electron chi connectivity index (χ4n) is 2.53. The van der Waals surface area contributed by atoms with Gasteiger partial charge in [-0.05, 0) is 30.7 Å². The molecule has 3 heteroatoms. The summed E-state index contributed by atoms with van der Waals surface area (Å²) in [6.45, 7) is 4.78. The van der Waals surface area contributed by atoms with Crippen molar-refractivity contribution in [3.8, 4) is 11.8 Å². The van der Waals surface area contributed by atoms with Gasteiger partial charge in [0, 0.05) is 29.3 Å². The molecule has 1 aliphatic heterocycles. The van der Waals surface area contributed by atoms with Gasteiger partial charge in [0.05, 0.1) is 5.69 Å². The molecule has 0 unspecified atom stereocenters. The Balaban J connectivity index is 1.92. The number of aryl methyl sites for hydroxylation is 1. The number of Topliss-reactive ketones (excluding diaryl/α,β-unsaturated/α-hetero) is 1. The fraction of sp³-hybridized carbons (Fsp3) is 0.278. The number of fused-ring (bicyclic) bond motifs is 1. The minimum Gasteiger partial charge on any atom is -0.344 e. The van der Waals surface area contributed by atoms with E-state index in [1.165, 1.54) is 12.1 Å². The third-order valence-electron chi connectivity index (χ3n) is 3.90. The van der Waals surface area contributed by atoms with E-state index in [1.54, 1.807) is 12.1 Å². The molecule has 0 bridgehead atoms. The van der Waals surface area contributed by atoms with Gasteiger partial charge < -0.3 is 4.57 Å². The van der Waals surface area contributed by atoms with Crippen molar-refractivity contribution in [1.82, 2.24) is 4.57 Å². The van der Waals surface area contributed by atoms with Crippen molar-refractivity contribution in [3.05, 3.63) is 59.2 Å². The summed E-state index contributed by atoms with van der Waals surface area (Å²) in [7, 11) is 0. The molecule has 3 rings (SSSR count). The van der Waals surface area contributed by atoms with Gasteiger partial charge in [-0.15, -0.1) is 0 Å². The molecule has 0 atom stereocenters. The molecule has 1 aromatic carbocycles. The lowest BCUT2D eigenvalue weighted by Crippen LogP contribution is -2.32. The molecule has 106 valence electrons. The summed E-state index contributed by atoms with van der Waals surface area (Å²) >= 11 is 0. The van der Waals surface area contributed by atoms with Gasteiger partial charge in [0.15, 0.2) is 5.78 Å². The Morgan fingerprint density at radius 3 is 2.71 bits per heavy atom. The van der Waals surface area contributed by atoms with Crippen molar-refractivity contribution in [2.75, 3.05) is 0 Å². The van der Waals surface area contributed by atoms with Gasteiger partial charge in [0.1, 0.15) is 5.82 Å². The SMILES string of the molecule is CC1(C)CCn2cc(C#Cc3cccc(F)c3)cc2C1=O. The normalized spacial score (nSPS) is 16.0. The molecule has 2 aromatic rings. The highest BCUT2D eigenvalue weighted by atomic mass is 19.1. The molecule has 2 heterocycles. The predicted molar refractivity (Wildman–Crippen MR) is 79.5 cm³/mol. The molecule has 0 N–H and O–H groups in total.